The highest BCUT2D eigenvalue weighted by molar-refractivity contribution is 5.98. The smallest absolute Gasteiger partial charge is 0.166 e. The third-order valence-corrected chi connectivity index (χ3v) is 3.61. The molecule has 19 heavy (non-hydrogen) atoms. The van der Waals surface area contributed by atoms with Gasteiger partial charge in [-0.1, -0.05) is 6.07 Å². The van der Waals surface area contributed by atoms with Crippen molar-refractivity contribution in [3.8, 4) is 5.75 Å². The lowest BCUT2D eigenvalue weighted by Gasteiger charge is -2.10. The first-order valence-electron chi connectivity index (χ1n) is 7.00. The van der Waals surface area contributed by atoms with E-state index >= 15 is 0 Å². The highest BCUT2D eigenvalue weighted by Crippen LogP contribution is 2.23. The fourth-order valence-corrected chi connectivity index (χ4v) is 2.53. The Hall–Kier alpha value is -1.35. The number of hydrogen-bond acceptors (Lipinski definition) is 3. The highest BCUT2D eigenvalue weighted by Gasteiger charge is 2.17. The van der Waals surface area contributed by atoms with Crippen molar-refractivity contribution in [1.29, 1.82) is 0 Å². The van der Waals surface area contributed by atoms with Crippen LogP contribution in [0.15, 0.2) is 18.2 Å². The summed E-state index contributed by atoms with van der Waals surface area (Å²) in [5, 5.41) is 0. The van der Waals surface area contributed by atoms with Gasteiger partial charge in [0.1, 0.15) is 5.75 Å². The Kier molecular flexibility index (Phi) is 4.97. The van der Waals surface area contributed by atoms with Crippen LogP contribution in [0.2, 0.25) is 0 Å². The number of methoxy groups -OCH3 is 1. The second-order valence-corrected chi connectivity index (χ2v) is 5.15. The summed E-state index contributed by atoms with van der Waals surface area (Å²) in [6.45, 7) is 2.87. The summed E-state index contributed by atoms with van der Waals surface area (Å²) < 4.78 is 10.8. The first kappa shape index (κ1) is 14.1. The van der Waals surface area contributed by atoms with E-state index in [4.69, 9.17) is 9.47 Å². The summed E-state index contributed by atoms with van der Waals surface area (Å²) in [5.74, 6) is 0.844. The van der Waals surface area contributed by atoms with Crippen molar-refractivity contribution in [2.45, 2.75) is 45.1 Å². The molecule has 0 aliphatic carbocycles. The minimum atomic E-state index is 0.162. The fourth-order valence-electron chi connectivity index (χ4n) is 2.53. The van der Waals surface area contributed by atoms with E-state index in [0.717, 1.165) is 37.9 Å². The largest absolute Gasteiger partial charge is 0.496 e. The summed E-state index contributed by atoms with van der Waals surface area (Å²) in [7, 11) is 1.61. The lowest BCUT2D eigenvalue weighted by Crippen LogP contribution is -2.07. The van der Waals surface area contributed by atoms with E-state index < -0.39 is 0 Å². The van der Waals surface area contributed by atoms with Crippen molar-refractivity contribution >= 4 is 5.78 Å². The molecule has 0 radical (unpaired) electrons. The number of carbonyl (C=O) groups is 1. The number of rotatable bonds is 6. The molecule has 1 heterocycles. The standard InChI is InChI=1S/C16H22O3/c1-12-8-9-14(16(11-12)18-2)15(17)7-3-5-13-6-4-10-19-13/h8-9,11,13H,3-7,10H2,1-2H3. The van der Waals surface area contributed by atoms with Gasteiger partial charge < -0.3 is 9.47 Å². The Morgan fingerprint density at radius 2 is 2.32 bits per heavy atom. The Morgan fingerprint density at radius 1 is 1.47 bits per heavy atom. The van der Waals surface area contributed by atoms with Crippen LogP contribution in [0.5, 0.6) is 5.75 Å². The van der Waals surface area contributed by atoms with Crippen LogP contribution in [0.4, 0.5) is 0 Å². The minimum absolute atomic E-state index is 0.162. The molecule has 0 bridgehead atoms. The fraction of sp³-hybridized carbons (Fsp3) is 0.562. The molecule has 3 heteroatoms. The first-order chi connectivity index (χ1) is 9.20. The summed E-state index contributed by atoms with van der Waals surface area (Å²) >= 11 is 0. The normalized spacial score (nSPS) is 18.5. The van der Waals surface area contributed by atoms with E-state index in [2.05, 4.69) is 0 Å². The number of hydrogen-bond donors (Lipinski definition) is 0. The molecule has 1 aliphatic heterocycles. The van der Waals surface area contributed by atoms with Gasteiger partial charge in [0.25, 0.3) is 0 Å². The zero-order chi connectivity index (χ0) is 13.7. The molecule has 0 N–H and O–H groups in total. The van der Waals surface area contributed by atoms with E-state index in [9.17, 15) is 4.79 Å². The molecule has 0 aromatic heterocycles. The van der Waals surface area contributed by atoms with Crippen LogP contribution in [0.1, 0.15) is 48.0 Å². The minimum Gasteiger partial charge on any atom is -0.496 e. The average molecular weight is 262 g/mol. The lowest BCUT2D eigenvalue weighted by atomic mass is 10.0. The topological polar surface area (TPSA) is 35.5 Å². The molecule has 1 aliphatic rings. The molecule has 1 atom stereocenters. The molecular weight excluding hydrogens is 240 g/mol. The quantitative estimate of drug-likeness (QED) is 0.736. The Balaban J connectivity index is 1.88. The maximum absolute atomic E-state index is 12.2. The van der Waals surface area contributed by atoms with Gasteiger partial charge in [0.2, 0.25) is 0 Å². The number of carbonyl (C=O) groups excluding carboxylic acids is 1. The molecule has 2 rings (SSSR count). The van der Waals surface area contributed by atoms with Crippen molar-refractivity contribution in [2.24, 2.45) is 0 Å². The van der Waals surface area contributed by atoms with Crippen LogP contribution in [-0.2, 0) is 4.74 Å². The Morgan fingerprint density at radius 3 is 3.00 bits per heavy atom. The molecule has 0 saturated carbocycles. The summed E-state index contributed by atoms with van der Waals surface area (Å²) in [4.78, 5) is 12.2. The molecule has 0 spiro atoms. The van der Waals surface area contributed by atoms with Crippen LogP contribution in [0, 0.1) is 6.92 Å². The van der Waals surface area contributed by atoms with E-state index in [0.29, 0.717) is 23.8 Å². The Labute approximate surface area is 114 Å². The molecule has 1 saturated heterocycles. The predicted molar refractivity (Wildman–Crippen MR) is 74.9 cm³/mol. The van der Waals surface area contributed by atoms with Crippen molar-refractivity contribution in [2.75, 3.05) is 13.7 Å². The van der Waals surface area contributed by atoms with Gasteiger partial charge in [0.05, 0.1) is 18.8 Å². The van der Waals surface area contributed by atoms with Gasteiger partial charge in [0.15, 0.2) is 5.78 Å². The molecule has 0 amide bonds. The molecule has 3 nitrogen and oxygen atoms in total. The van der Waals surface area contributed by atoms with Gasteiger partial charge in [-0.3, -0.25) is 4.79 Å². The van der Waals surface area contributed by atoms with Crippen molar-refractivity contribution in [3.63, 3.8) is 0 Å². The average Bonchev–Trinajstić information content (AvgIpc) is 2.91. The van der Waals surface area contributed by atoms with Crippen molar-refractivity contribution in [1.82, 2.24) is 0 Å². The lowest BCUT2D eigenvalue weighted by molar-refractivity contribution is 0.0921. The van der Waals surface area contributed by atoms with Gasteiger partial charge in [-0.15, -0.1) is 0 Å². The van der Waals surface area contributed by atoms with Gasteiger partial charge in [-0.25, -0.2) is 0 Å². The SMILES string of the molecule is COc1cc(C)ccc1C(=O)CCCC1CCCO1. The third kappa shape index (κ3) is 3.80. The molecule has 1 fully saturated rings. The molecule has 1 unspecified atom stereocenters. The van der Waals surface area contributed by atoms with E-state index in [1.54, 1.807) is 7.11 Å². The zero-order valence-electron chi connectivity index (χ0n) is 11.8. The molecular formula is C16H22O3. The number of ketones is 1. The molecule has 1 aromatic rings. The predicted octanol–water partition coefficient (Wildman–Crippen LogP) is 3.54. The number of aryl methyl sites for hydroxylation is 1. The molecule has 104 valence electrons. The van der Waals surface area contributed by atoms with Crippen LogP contribution >= 0.6 is 0 Å². The van der Waals surface area contributed by atoms with Crippen molar-refractivity contribution < 1.29 is 14.3 Å². The monoisotopic (exact) mass is 262 g/mol. The summed E-state index contributed by atoms with van der Waals surface area (Å²) in [6, 6.07) is 5.73. The summed E-state index contributed by atoms with van der Waals surface area (Å²) in [5.41, 5.74) is 1.80. The van der Waals surface area contributed by atoms with Crippen LogP contribution in [0.25, 0.3) is 0 Å². The Bertz CT molecular complexity index is 434. The maximum atomic E-state index is 12.2. The van der Waals surface area contributed by atoms with Gasteiger partial charge in [0, 0.05) is 13.0 Å². The maximum Gasteiger partial charge on any atom is 0.166 e. The summed E-state index contributed by atoms with van der Waals surface area (Å²) in [6.07, 6.45) is 5.11. The van der Waals surface area contributed by atoms with E-state index in [1.165, 1.54) is 0 Å². The first-order valence-corrected chi connectivity index (χ1v) is 7.00. The van der Waals surface area contributed by atoms with Gasteiger partial charge in [-0.05, 0) is 50.3 Å². The van der Waals surface area contributed by atoms with E-state index in [-0.39, 0.29) is 5.78 Å². The second kappa shape index (κ2) is 6.71. The zero-order valence-corrected chi connectivity index (χ0v) is 11.8. The van der Waals surface area contributed by atoms with Crippen LogP contribution in [0.3, 0.4) is 0 Å². The van der Waals surface area contributed by atoms with Gasteiger partial charge >= 0.3 is 0 Å². The van der Waals surface area contributed by atoms with E-state index in [1.807, 2.05) is 25.1 Å². The van der Waals surface area contributed by atoms with Crippen LogP contribution in [-0.4, -0.2) is 25.6 Å². The number of Topliss-reactive ketones (excluding diaryl/α,β-unsaturated/α-hetero) is 1. The van der Waals surface area contributed by atoms with Crippen LogP contribution < -0.4 is 4.74 Å². The highest BCUT2D eigenvalue weighted by atomic mass is 16.5. The number of ether oxygens (including phenoxy) is 2. The van der Waals surface area contributed by atoms with Gasteiger partial charge in [-0.2, -0.15) is 0 Å². The second-order valence-electron chi connectivity index (χ2n) is 5.15. The third-order valence-electron chi connectivity index (χ3n) is 3.61. The number of benzene rings is 1. The van der Waals surface area contributed by atoms with Crippen molar-refractivity contribution in [3.05, 3.63) is 29.3 Å². The molecule has 1 aromatic carbocycles.